The lowest BCUT2D eigenvalue weighted by molar-refractivity contribution is 0.0829. The van der Waals surface area contributed by atoms with Gasteiger partial charge in [0.2, 0.25) is 0 Å². The van der Waals surface area contributed by atoms with E-state index in [-0.39, 0.29) is 17.1 Å². The number of Topliss-reactive ketones (excluding diaryl/α,β-unsaturated/α-hetero) is 1. The fourth-order valence-corrected chi connectivity index (χ4v) is 2.92. The first-order chi connectivity index (χ1) is 7.43. The second-order valence-corrected chi connectivity index (χ2v) is 5.67. The molecule has 88 valence electrons. The molecule has 1 heterocycles. The predicted octanol–water partition coefficient (Wildman–Crippen LogP) is 3.08. The third-order valence-corrected chi connectivity index (χ3v) is 3.98. The topological polar surface area (TPSA) is 34.9 Å². The van der Waals surface area contributed by atoms with Crippen LogP contribution in [0.5, 0.6) is 0 Å². The van der Waals surface area contributed by atoms with E-state index >= 15 is 0 Å². The lowest BCUT2D eigenvalue weighted by atomic mass is 9.78. The minimum absolute atomic E-state index is 0.0837. The molecule has 1 atom stereocenters. The highest BCUT2D eigenvalue weighted by atomic mass is 35.5. The van der Waals surface area contributed by atoms with Gasteiger partial charge in [0.05, 0.1) is 11.2 Å². The Morgan fingerprint density at radius 3 is 2.75 bits per heavy atom. The SMILES string of the molecule is Cn1ncc(Cl)c1C(=O)C1CCCC1(C)C. The standard InChI is InChI=1S/C12H17ClN2O/c1-12(2)6-4-5-8(12)11(16)10-9(13)7-14-15(10)3/h7-8H,4-6H2,1-3H3. The summed E-state index contributed by atoms with van der Waals surface area (Å²) in [6, 6.07) is 0. The van der Waals surface area contributed by atoms with Crippen molar-refractivity contribution < 1.29 is 4.79 Å². The Labute approximate surface area is 101 Å². The molecule has 0 amide bonds. The second kappa shape index (κ2) is 3.88. The quantitative estimate of drug-likeness (QED) is 0.745. The van der Waals surface area contributed by atoms with E-state index in [4.69, 9.17) is 11.6 Å². The summed E-state index contributed by atoms with van der Waals surface area (Å²) in [5.41, 5.74) is 0.645. The van der Waals surface area contributed by atoms with E-state index in [1.54, 1.807) is 11.7 Å². The fourth-order valence-electron chi connectivity index (χ4n) is 2.67. The highest BCUT2D eigenvalue weighted by Crippen LogP contribution is 2.44. The van der Waals surface area contributed by atoms with Crippen LogP contribution in [0.15, 0.2) is 6.20 Å². The van der Waals surface area contributed by atoms with E-state index in [9.17, 15) is 4.79 Å². The second-order valence-electron chi connectivity index (χ2n) is 5.26. The summed E-state index contributed by atoms with van der Waals surface area (Å²) in [6.45, 7) is 4.32. The maximum atomic E-state index is 12.4. The zero-order valence-electron chi connectivity index (χ0n) is 9.96. The Morgan fingerprint density at radius 2 is 2.31 bits per heavy atom. The monoisotopic (exact) mass is 240 g/mol. The van der Waals surface area contributed by atoms with E-state index in [0.29, 0.717) is 10.7 Å². The summed E-state index contributed by atoms with van der Waals surface area (Å²) >= 11 is 6.01. The normalized spacial score (nSPS) is 23.6. The van der Waals surface area contributed by atoms with Crippen molar-refractivity contribution in [2.45, 2.75) is 33.1 Å². The number of rotatable bonds is 2. The molecule has 1 saturated carbocycles. The lowest BCUT2D eigenvalue weighted by Gasteiger charge is -2.25. The summed E-state index contributed by atoms with van der Waals surface area (Å²) < 4.78 is 1.58. The molecule has 1 aromatic rings. The number of halogens is 1. The molecule has 0 radical (unpaired) electrons. The summed E-state index contributed by atoms with van der Waals surface area (Å²) in [6.07, 6.45) is 4.74. The van der Waals surface area contributed by atoms with Gasteiger partial charge in [0.15, 0.2) is 5.78 Å². The molecule has 1 aliphatic rings. The first-order valence-corrected chi connectivity index (χ1v) is 6.03. The first-order valence-electron chi connectivity index (χ1n) is 5.65. The smallest absolute Gasteiger partial charge is 0.185 e. The average molecular weight is 241 g/mol. The highest BCUT2D eigenvalue weighted by molar-refractivity contribution is 6.33. The van der Waals surface area contributed by atoms with Crippen molar-refractivity contribution in [1.82, 2.24) is 9.78 Å². The first kappa shape index (κ1) is 11.6. The molecule has 0 aliphatic heterocycles. The van der Waals surface area contributed by atoms with Crippen molar-refractivity contribution in [3.05, 3.63) is 16.9 Å². The largest absolute Gasteiger partial charge is 0.292 e. The third-order valence-electron chi connectivity index (χ3n) is 3.70. The highest BCUT2D eigenvalue weighted by Gasteiger charge is 2.40. The molecular weight excluding hydrogens is 224 g/mol. The number of aromatic nitrogens is 2. The molecule has 3 nitrogen and oxygen atoms in total. The molecule has 0 N–H and O–H groups in total. The summed E-state index contributed by atoms with van der Waals surface area (Å²) in [4.78, 5) is 12.4. The van der Waals surface area contributed by atoms with Crippen LogP contribution in [0.25, 0.3) is 0 Å². The van der Waals surface area contributed by atoms with Gasteiger partial charge in [0, 0.05) is 13.0 Å². The Morgan fingerprint density at radius 1 is 1.62 bits per heavy atom. The van der Waals surface area contributed by atoms with Crippen molar-refractivity contribution in [2.75, 3.05) is 0 Å². The van der Waals surface area contributed by atoms with E-state index in [2.05, 4.69) is 18.9 Å². The Kier molecular flexibility index (Phi) is 2.82. The molecule has 1 aliphatic carbocycles. The lowest BCUT2D eigenvalue weighted by Crippen LogP contribution is -2.27. The van der Waals surface area contributed by atoms with Gasteiger partial charge in [0.1, 0.15) is 5.69 Å². The molecule has 4 heteroatoms. The average Bonchev–Trinajstić information content (AvgIpc) is 2.69. The summed E-state index contributed by atoms with van der Waals surface area (Å²) in [5.74, 6) is 0.230. The number of ketones is 1. The van der Waals surface area contributed by atoms with Crippen LogP contribution in [0.3, 0.4) is 0 Å². The Hall–Kier alpha value is -0.830. The summed E-state index contributed by atoms with van der Waals surface area (Å²) in [7, 11) is 1.76. The van der Waals surface area contributed by atoms with E-state index in [0.717, 1.165) is 19.3 Å². The van der Waals surface area contributed by atoms with Gasteiger partial charge in [-0.25, -0.2) is 0 Å². The number of hydrogen-bond acceptors (Lipinski definition) is 2. The molecule has 0 spiro atoms. The molecule has 0 bridgehead atoms. The molecule has 2 rings (SSSR count). The van der Waals surface area contributed by atoms with Gasteiger partial charge in [-0.2, -0.15) is 5.10 Å². The van der Waals surface area contributed by atoms with Gasteiger partial charge in [-0.15, -0.1) is 0 Å². The zero-order chi connectivity index (χ0) is 11.9. The number of nitrogens with zero attached hydrogens (tertiary/aromatic N) is 2. The number of carbonyl (C=O) groups is 1. The molecule has 1 unspecified atom stereocenters. The minimum Gasteiger partial charge on any atom is -0.292 e. The van der Waals surface area contributed by atoms with Crippen molar-refractivity contribution in [3.63, 3.8) is 0 Å². The van der Waals surface area contributed by atoms with Crippen molar-refractivity contribution in [2.24, 2.45) is 18.4 Å². The van der Waals surface area contributed by atoms with Crippen LogP contribution in [0.2, 0.25) is 5.02 Å². The molecular formula is C12H17ClN2O. The van der Waals surface area contributed by atoms with Crippen molar-refractivity contribution in [1.29, 1.82) is 0 Å². The van der Waals surface area contributed by atoms with E-state index < -0.39 is 0 Å². The minimum atomic E-state index is 0.0837. The van der Waals surface area contributed by atoms with Crippen LogP contribution in [-0.2, 0) is 7.05 Å². The molecule has 0 aromatic carbocycles. The zero-order valence-corrected chi connectivity index (χ0v) is 10.7. The molecule has 0 saturated heterocycles. The van der Waals surface area contributed by atoms with Gasteiger partial charge < -0.3 is 0 Å². The van der Waals surface area contributed by atoms with Gasteiger partial charge in [-0.3, -0.25) is 9.48 Å². The van der Waals surface area contributed by atoms with Gasteiger partial charge >= 0.3 is 0 Å². The molecule has 1 fully saturated rings. The van der Waals surface area contributed by atoms with Crippen molar-refractivity contribution >= 4 is 17.4 Å². The van der Waals surface area contributed by atoms with Gasteiger partial charge in [-0.05, 0) is 18.3 Å². The molecule has 16 heavy (non-hydrogen) atoms. The van der Waals surface area contributed by atoms with Crippen LogP contribution in [0.1, 0.15) is 43.6 Å². The van der Waals surface area contributed by atoms with Crippen LogP contribution in [0.4, 0.5) is 0 Å². The fraction of sp³-hybridized carbons (Fsp3) is 0.667. The maximum Gasteiger partial charge on any atom is 0.185 e. The number of aryl methyl sites for hydroxylation is 1. The number of carbonyl (C=O) groups excluding carboxylic acids is 1. The van der Waals surface area contributed by atoms with Crippen LogP contribution >= 0.6 is 11.6 Å². The van der Waals surface area contributed by atoms with Crippen LogP contribution < -0.4 is 0 Å². The third kappa shape index (κ3) is 1.77. The maximum absolute atomic E-state index is 12.4. The number of hydrogen-bond donors (Lipinski definition) is 0. The Balaban J connectivity index is 2.33. The Bertz CT molecular complexity index is 403. The van der Waals surface area contributed by atoms with Gasteiger partial charge in [0.25, 0.3) is 0 Å². The van der Waals surface area contributed by atoms with E-state index in [1.165, 1.54) is 6.20 Å². The van der Waals surface area contributed by atoms with Crippen LogP contribution in [-0.4, -0.2) is 15.6 Å². The molecule has 1 aromatic heterocycles. The van der Waals surface area contributed by atoms with E-state index in [1.807, 2.05) is 0 Å². The predicted molar refractivity (Wildman–Crippen MR) is 63.7 cm³/mol. The van der Waals surface area contributed by atoms with Gasteiger partial charge in [-0.1, -0.05) is 31.9 Å². The summed E-state index contributed by atoms with van der Waals surface area (Å²) in [5, 5.41) is 4.49. The van der Waals surface area contributed by atoms with Crippen molar-refractivity contribution in [3.8, 4) is 0 Å². The van der Waals surface area contributed by atoms with Crippen LogP contribution in [0, 0.1) is 11.3 Å².